The fourth-order valence-corrected chi connectivity index (χ4v) is 1.24. The molecule has 0 aliphatic heterocycles. The predicted octanol–water partition coefficient (Wildman–Crippen LogP) is 0.935. The van der Waals surface area contributed by atoms with Gasteiger partial charge >= 0.3 is 5.97 Å². The molecule has 0 aromatic heterocycles. The van der Waals surface area contributed by atoms with Crippen LogP contribution < -0.4 is 11.1 Å². The highest BCUT2D eigenvalue weighted by molar-refractivity contribution is 6.34. The second-order valence-corrected chi connectivity index (χ2v) is 3.13. The zero-order valence-electron chi connectivity index (χ0n) is 7.66. The van der Waals surface area contributed by atoms with Crippen LogP contribution in [0.4, 0.5) is 5.69 Å². The number of benzene rings is 1. The van der Waals surface area contributed by atoms with Gasteiger partial charge in [0.1, 0.15) is 0 Å². The summed E-state index contributed by atoms with van der Waals surface area (Å²) < 4.78 is 0. The monoisotopic (exact) mass is 228 g/mol. The van der Waals surface area contributed by atoms with E-state index in [0.29, 0.717) is 0 Å². The lowest BCUT2D eigenvalue weighted by molar-refractivity contribution is -0.114. The van der Waals surface area contributed by atoms with E-state index in [1.54, 1.807) is 0 Å². The molecule has 0 unspecified atom stereocenters. The summed E-state index contributed by atoms with van der Waals surface area (Å²) in [6.45, 7) is -0.232. The molecule has 80 valence electrons. The molecule has 1 aromatic carbocycles. The number of carboxylic acids is 1. The van der Waals surface area contributed by atoms with Gasteiger partial charge < -0.3 is 16.2 Å². The van der Waals surface area contributed by atoms with E-state index in [1.807, 2.05) is 0 Å². The van der Waals surface area contributed by atoms with Gasteiger partial charge in [-0.05, 0) is 12.1 Å². The number of carbonyl (C=O) groups excluding carboxylic acids is 1. The van der Waals surface area contributed by atoms with E-state index in [1.165, 1.54) is 18.2 Å². The molecule has 0 radical (unpaired) electrons. The highest BCUT2D eigenvalue weighted by Gasteiger charge is 2.14. The van der Waals surface area contributed by atoms with Crippen molar-refractivity contribution in [2.45, 2.75) is 0 Å². The van der Waals surface area contributed by atoms with Crippen molar-refractivity contribution >= 4 is 29.2 Å². The van der Waals surface area contributed by atoms with Gasteiger partial charge in [0.15, 0.2) is 0 Å². The highest BCUT2D eigenvalue weighted by atomic mass is 35.5. The van der Waals surface area contributed by atoms with E-state index < -0.39 is 11.9 Å². The maximum absolute atomic E-state index is 11.0. The zero-order chi connectivity index (χ0) is 11.4. The number of amides is 1. The molecule has 0 aliphatic carbocycles. The number of rotatable bonds is 3. The summed E-state index contributed by atoms with van der Waals surface area (Å²) >= 11 is 5.76. The summed E-state index contributed by atoms with van der Waals surface area (Å²) in [4.78, 5) is 21.8. The summed E-state index contributed by atoms with van der Waals surface area (Å²) in [7, 11) is 0. The van der Waals surface area contributed by atoms with Crippen LogP contribution >= 0.6 is 11.6 Å². The van der Waals surface area contributed by atoms with Gasteiger partial charge in [-0.3, -0.25) is 4.79 Å². The van der Waals surface area contributed by atoms with Crippen LogP contribution in [0.2, 0.25) is 5.02 Å². The first-order chi connectivity index (χ1) is 7.06. The Labute approximate surface area is 90.8 Å². The summed E-state index contributed by atoms with van der Waals surface area (Å²) in [5.41, 5.74) is 5.10. The number of hydrogen-bond donors (Lipinski definition) is 3. The number of nitrogens with two attached hydrogens (primary N) is 1. The van der Waals surface area contributed by atoms with Crippen molar-refractivity contribution < 1.29 is 14.7 Å². The molecule has 6 heteroatoms. The Bertz CT molecular complexity index is 406. The third kappa shape index (κ3) is 2.68. The number of halogens is 1. The van der Waals surface area contributed by atoms with Gasteiger partial charge in [0.2, 0.25) is 5.91 Å². The largest absolute Gasteiger partial charge is 0.478 e. The van der Waals surface area contributed by atoms with Crippen LogP contribution in [0.3, 0.4) is 0 Å². The van der Waals surface area contributed by atoms with Crippen LogP contribution in [0, 0.1) is 0 Å². The van der Waals surface area contributed by atoms with Crippen molar-refractivity contribution in [1.29, 1.82) is 0 Å². The second-order valence-electron chi connectivity index (χ2n) is 2.72. The van der Waals surface area contributed by atoms with E-state index >= 15 is 0 Å². The average Bonchev–Trinajstić information content (AvgIpc) is 2.20. The number of carboxylic acid groups (broad SMARTS) is 1. The minimum Gasteiger partial charge on any atom is -0.478 e. The lowest BCUT2D eigenvalue weighted by Gasteiger charge is -2.08. The number of nitrogens with one attached hydrogen (secondary N) is 1. The van der Waals surface area contributed by atoms with E-state index in [2.05, 4.69) is 5.32 Å². The van der Waals surface area contributed by atoms with Gasteiger partial charge in [0.05, 0.1) is 22.8 Å². The molecule has 0 atom stereocenters. The Hall–Kier alpha value is -1.59. The van der Waals surface area contributed by atoms with E-state index in [0.717, 1.165) is 0 Å². The Balaban J connectivity index is 3.13. The molecule has 0 saturated heterocycles. The Morgan fingerprint density at radius 1 is 1.47 bits per heavy atom. The normalized spacial score (nSPS) is 9.73. The SMILES string of the molecule is NCC(=O)Nc1c(Cl)cccc1C(=O)O. The molecule has 0 fully saturated rings. The van der Waals surface area contributed by atoms with Crippen LogP contribution in [0.25, 0.3) is 0 Å². The molecule has 1 amide bonds. The van der Waals surface area contributed by atoms with E-state index in [4.69, 9.17) is 22.4 Å². The quantitative estimate of drug-likeness (QED) is 0.718. The Morgan fingerprint density at radius 3 is 2.67 bits per heavy atom. The van der Waals surface area contributed by atoms with Gasteiger partial charge in [-0.25, -0.2) is 4.79 Å². The average molecular weight is 229 g/mol. The number of carbonyl (C=O) groups is 2. The van der Waals surface area contributed by atoms with E-state index in [9.17, 15) is 9.59 Å². The lowest BCUT2D eigenvalue weighted by atomic mass is 10.2. The second kappa shape index (κ2) is 4.77. The third-order valence-corrected chi connectivity index (χ3v) is 2.01. The van der Waals surface area contributed by atoms with Crippen molar-refractivity contribution in [3.63, 3.8) is 0 Å². The maximum Gasteiger partial charge on any atom is 0.337 e. The number of hydrogen-bond acceptors (Lipinski definition) is 3. The van der Waals surface area contributed by atoms with Crippen LogP contribution in [0.5, 0.6) is 0 Å². The Kier molecular flexibility index (Phi) is 3.65. The van der Waals surface area contributed by atoms with Crippen molar-refractivity contribution in [3.8, 4) is 0 Å². The van der Waals surface area contributed by atoms with Crippen LogP contribution in [0.15, 0.2) is 18.2 Å². The van der Waals surface area contributed by atoms with Gasteiger partial charge in [-0.1, -0.05) is 17.7 Å². The predicted molar refractivity (Wildman–Crippen MR) is 56.1 cm³/mol. The molecule has 5 nitrogen and oxygen atoms in total. The molecule has 0 heterocycles. The summed E-state index contributed by atoms with van der Waals surface area (Å²) in [6, 6.07) is 4.32. The molecular formula is C9H9ClN2O3. The summed E-state index contributed by atoms with van der Waals surface area (Å²) in [6.07, 6.45) is 0. The lowest BCUT2D eigenvalue weighted by Crippen LogP contribution is -2.23. The fraction of sp³-hybridized carbons (Fsp3) is 0.111. The van der Waals surface area contributed by atoms with Crippen LogP contribution in [0.1, 0.15) is 10.4 Å². The number of anilines is 1. The summed E-state index contributed by atoms with van der Waals surface area (Å²) in [5.74, 6) is -1.66. The minimum absolute atomic E-state index is 0.0655. The van der Waals surface area contributed by atoms with Crippen LogP contribution in [-0.2, 0) is 4.79 Å². The molecule has 0 aliphatic rings. The highest BCUT2D eigenvalue weighted by Crippen LogP contribution is 2.25. The van der Waals surface area contributed by atoms with Gasteiger partial charge in [-0.2, -0.15) is 0 Å². The van der Waals surface area contributed by atoms with Crippen molar-refractivity contribution in [3.05, 3.63) is 28.8 Å². The zero-order valence-corrected chi connectivity index (χ0v) is 8.41. The number of aromatic carboxylic acids is 1. The maximum atomic E-state index is 11.0. The van der Waals surface area contributed by atoms with Gasteiger partial charge in [0, 0.05) is 0 Å². The standard InChI is InChI=1S/C9H9ClN2O3/c10-6-3-1-2-5(9(14)15)8(6)12-7(13)4-11/h1-3H,4,11H2,(H,12,13)(H,14,15). The van der Waals surface area contributed by atoms with Crippen molar-refractivity contribution in [1.82, 2.24) is 0 Å². The molecule has 1 rings (SSSR count). The molecule has 0 saturated carbocycles. The third-order valence-electron chi connectivity index (χ3n) is 1.69. The minimum atomic E-state index is -1.16. The molecule has 0 spiro atoms. The van der Waals surface area contributed by atoms with Gasteiger partial charge in [0.25, 0.3) is 0 Å². The molecule has 0 bridgehead atoms. The summed E-state index contributed by atoms with van der Waals surface area (Å²) in [5, 5.41) is 11.3. The molecule has 15 heavy (non-hydrogen) atoms. The Morgan fingerprint density at radius 2 is 2.13 bits per heavy atom. The smallest absolute Gasteiger partial charge is 0.337 e. The first kappa shape index (κ1) is 11.5. The fourth-order valence-electron chi connectivity index (χ4n) is 1.02. The first-order valence-electron chi connectivity index (χ1n) is 4.08. The molecule has 1 aromatic rings. The first-order valence-corrected chi connectivity index (χ1v) is 4.45. The van der Waals surface area contributed by atoms with Gasteiger partial charge in [-0.15, -0.1) is 0 Å². The topological polar surface area (TPSA) is 92.4 Å². The number of para-hydroxylation sites is 1. The molecule has 4 N–H and O–H groups in total. The molecular weight excluding hydrogens is 220 g/mol. The van der Waals surface area contributed by atoms with Crippen molar-refractivity contribution in [2.24, 2.45) is 5.73 Å². The van der Waals surface area contributed by atoms with E-state index in [-0.39, 0.29) is 22.8 Å². The van der Waals surface area contributed by atoms with Crippen molar-refractivity contribution in [2.75, 3.05) is 11.9 Å². The van der Waals surface area contributed by atoms with Crippen LogP contribution in [-0.4, -0.2) is 23.5 Å².